The van der Waals surface area contributed by atoms with Gasteiger partial charge in [0.2, 0.25) is 5.91 Å². The van der Waals surface area contributed by atoms with Crippen LogP contribution in [0.2, 0.25) is 5.02 Å². The molecule has 0 N–H and O–H groups in total. The summed E-state index contributed by atoms with van der Waals surface area (Å²) >= 11 is 6.03. The molecule has 0 spiro atoms. The van der Waals surface area contributed by atoms with Crippen LogP contribution in [-0.2, 0) is 11.2 Å². The SMILES string of the molecule is CC(=O)N1CCCc2cc(-c3cn4cc(Cl)ccc4n3)ccc21. The Balaban J connectivity index is 1.78. The molecule has 1 amide bonds. The maximum Gasteiger partial charge on any atom is 0.223 e. The number of pyridine rings is 1. The van der Waals surface area contributed by atoms with Gasteiger partial charge in [-0.15, -0.1) is 0 Å². The lowest BCUT2D eigenvalue weighted by atomic mass is 9.98. The number of benzene rings is 1. The van der Waals surface area contributed by atoms with Crippen LogP contribution in [0.25, 0.3) is 16.9 Å². The molecule has 0 atom stereocenters. The fraction of sp³-hybridized carbons (Fsp3) is 0.222. The Hall–Kier alpha value is -2.33. The van der Waals surface area contributed by atoms with Crippen LogP contribution in [-0.4, -0.2) is 21.8 Å². The first-order chi connectivity index (χ1) is 11.1. The maximum absolute atomic E-state index is 11.8. The molecule has 0 bridgehead atoms. The highest BCUT2D eigenvalue weighted by Gasteiger charge is 2.20. The first-order valence-electron chi connectivity index (χ1n) is 7.67. The molecular formula is C18H16ClN3O. The van der Waals surface area contributed by atoms with E-state index in [1.807, 2.05) is 46.0 Å². The number of amides is 1. The summed E-state index contributed by atoms with van der Waals surface area (Å²) in [6.45, 7) is 2.42. The van der Waals surface area contributed by atoms with Crippen molar-refractivity contribution >= 4 is 28.8 Å². The number of carbonyl (C=O) groups excluding carboxylic acids is 1. The zero-order valence-corrected chi connectivity index (χ0v) is 13.5. The normalized spacial score (nSPS) is 14.1. The molecule has 2 aromatic heterocycles. The minimum Gasteiger partial charge on any atom is -0.312 e. The summed E-state index contributed by atoms with van der Waals surface area (Å²) < 4.78 is 1.93. The zero-order chi connectivity index (χ0) is 16.0. The first kappa shape index (κ1) is 14.3. The number of aryl methyl sites for hydroxylation is 1. The zero-order valence-electron chi connectivity index (χ0n) is 12.8. The Morgan fingerprint density at radius 3 is 2.91 bits per heavy atom. The van der Waals surface area contributed by atoms with Gasteiger partial charge >= 0.3 is 0 Å². The average molecular weight is 326 g/mol. The van der Waals surface area contributed by atoms with Crippen molar-refractivity contribution in [2.75, 3.05) is 11.4 Å². The average Bonchev–Trinajstić information content (AvgIpc) is 2.96. The third-order valence-corrected chi connectivity index (χ3v) is 4.51. The van der Waals surface area contributed by atoms with Crippen molar-refractivity contribution in [2.24, 2.45) is 0 Å². The van der Waals surface area contributed by atoms with Crippen molar-refractivity contribution in [3.8, 4) is 11.3 Å². The molecule has 3 aromatic rings. The Morgan fingerprint density at radius 2 is 2.09 bits per heavy atom. The number of hydrogen-bond donors (Lipinski definition) is 0. The number of anilines is 1. The number of halogens is 1. The second-order valence-corrected chi connectivity index (χ2v) is 6.29. The van der Waals surface area contributed by atoms with E-state index < -0.39 is 0 Å². The minimum atomic E-state index is 0.0982. The molecule has 5 heteroatoms. The van der Waals surface area contributed by atoms with Crippen molar-refractivity contribution in [3.63, 3.8) is 0 Å². The highest BCUT2D eigenvalue weighted by Crippen LogP contribution is 2.31. The van der Waals surface area contributed by atoms with E-state index in [1.54, 1.807) is 6.92 Å². The van der Waals surface area contributed by atoms with Crippen LogP contribution in [0, 0.1) is 0 Å². The van der Waals surface area contributed by atoms with Crippen molar-refractivity contribution in [2.45, 2.75) is 19.8 Å². The van der Waals surface area contributed by atoms with Crippen LogP contribution in [0.1, 0.15) is 18.9 Å². The Bertz CT molecular complexity index is 916. The van der Waals surface area contributed by atoms with E-state index in [9.17, 15) is 4.79 Å². The van der Waals surface area contributed by atoms with Crippen molar-refractivity contribution < 1.29 is 4.79 Å². The van der Waals surface area contributed by atoms with E-state index in [0.717, 1.165) is 42.0 Å². The van der Waals surface area contributed by atoms with Gasteiger partial charge < -0.3 is 9.30 Å². The molecule has 0 saturated heterocycles. The van der Waals surface area contributed by atoms with E-state index in [0.29, 0.717) is 5.02 Å². The van der Waals surface area contributed by atoms with Gasteiger partial charge in [-0.3, -0.25) is 4.79 Å². The summed E-state index contributed by atoms with van der Waals surface area (Å²) in [5.41, 5.74) is 5.08. The molecule has 0 fully saturated rings. The first-order valence-corrected chi connectivity index (χ1v) is 8.05. The highest BCUT2D eigenvalue weighted by molar-refractivity contribution is 6.30. The summed E-state index contributed by atoms with van der Waals surface area (Å²) in [5, 5.41) is 0.684. The van der Waals surface area contributed by atoms with Gasteiger partial charge in [0.15, 0.2) is 0 Å². The van der Waals surface area contributed by atoms with E-state index in [2.05, 4.69) is 11.1 Å². The molecule has 0 aliphatic carbocycles. The largest absolute Gasteiger partial charge is 0.312 e. The number of nitrogens with zero attached hydrogens (tertiary/aromatic N) is 3. The quantitative estimate of drug-likeness (QED) is 0.679. The molecule has 4 rings (SSSR count). The number of hydrogen-bond acceptors (Lipinski definition) is 2. The smallest absolute Gasteiger partial charge is 0.223 e. The van der Waals surface area contributed by atoms with E-state index >= 15 is 0 Å². The monoisotopic (exact) mass is 325 g/mol. The standard InChI is InChI=1S/C18H16ClN3O/c1-12(23)22-8-2-3-14-9-13(4-6-17(14)22)16-11-21-10-15(19)5-7-18(21)20-16/h4-7,9-11H,2-3,8H2,1H3. The molecule has 3 heterocycles. The number of carbonyl (C=O) groups is 1. The van der Waals surface area contributed by atoms with Crippen LogP contribution in [0.15, 0.2) is 42.7 Å². The van der Waals surface area contributed by atoms with Crippen LogP contribution >= 0.6 is 11.6 Å². The van der Waals surface area contributed by atoms with Gasteiger partial charge in [-0.2, -0.15) is 0 Å². The molecule has 1 aromatic carbocycles. The Morgan fingerprint density at radius 1 is 1.22 bits per heavy atom. The number of aromatic nitrogens is 2. The van der Waals surface area contributed by atoms with Gasteiger partial charge in [-0.05, 0) is 42.7 Å². The number of rotatable bonds is 1. The summed E-state index contributed by atoms with van der Waals surface area (Å²) in [7, 11) is 0. The summed E-state index contributed by atoms with van der Waals surface area (Å²) in [6.07, 6.45) is 5.82. The predicted molar refractivity (Wildman–Crippen MR) is 92.0 cm³/mol. The molecule has 0 radical (unpaired) electrons. The van der Waals surface area contributed by atoms with Gasteiger partial charge in [0, 0.05) is 37.1 Å². The van der Waals surface area contributed by atoms with Gasteiger partial charge in [0.1, 0.15) is 5.65 Å². The summed E-state index contributed by atoms with van der Waals surface area (Å²) in [6, 6.07) is 9.95. The molecule has 0 unspecified atom stereocenters. The van der Waals surface area contributed by atoms with Gasteiger partial charge in [0.25, 0.3) is 0 Å². The molecular weight excluding hydrogens is 310 g/mol. The highest BCUT2D eigenvalue weighted by atomic mass is 35.5. The van der Waals surface area contributed by atoms with E-state index in [4.69, 9.17) is 11.6 Å². The molecule has 1 aliphatic rings. The number of fused-ring (bicyclic) bond motifs is 2. The number of imidazole rings is 1. The van der Waals surface area contributed by atoms with E-state index in [-0.39, 0.29) is 5.91 Å². The minimum absolute atomic E-state index is 0.0982. The third-order valence-electron chi connectivity index (χ3n) is 4.29. The predicted octanol–water partition coefficient (Wildman–Crippen LogP) is 3.95. The van der Waals surface area contributed by atoms with Gasteiger partial charge in [-0.1, -0.05) is 17.7 Å². The molecule has 1 aliphatic heterocycles. The van der Waals surface area contributed by atoms with Crippen molar-refractivity contribution in [1.29, 1.82) is 0 Å². The third kappa shape index (κ3) is 2.49. The lowest BCUT2D eigenvalue weighted by molar-refractivity contribution is -0.116. The topological polar surface area (TPSA) is 37.6 Å². The second kappa shape index (κ2) is 5.39. The van der Waals surface area contributed by atoms with Crippen molar-refractivity contribution in [3.05, 3.63) is 53.3 Å². The fourth-order valence-corrected chi connectivity index (χ4v) is 3.36. The molecule has 4 nitrogen and oxygen atoms in total. The maximum atomic E-state index is 11.8. The molecule has 116 valence electrons. The van der Waals surface area contributed by atoms with Crippen molar-refractivity contribution in [1.82, 2.24) is 9.38 Å². The second-order valence-electron chi connectivity index (χ2n) is 5.86. The summed E-state index contributed by atoms with van der Waals surface area (Å²) in [4.78, 5) is 18.3. The Labute approximate surface area is 139 Å². The van der Waals surface area contributed by atoms with Crippen LogP contribution in [0.3, 0.4) is 0 Å². The lowest BCUT2D eigenvalue weighted by Crippen LogP contribution is -2.33. The molecule has 23 heavy (non-hydrogen) atoms. The lowest BCUT2D eigenvalue weighted by Gasteiger charge is -2.28. The van der Waals surface area contributed by atoms with Gasteiger partial charge in [-0.25, -0.2) is 4.98 Å². The van der Waals surface area contributed by atoms with Gasteiger partial charge in [0.05, 0.1) is 10.7 Å². The van der Waals surface area contributed by atoms with Crippen LogP contribution < -0.4 is 4.90 Å². The van der Waals surface area contributed by atoms with Crippen LogP contribution in [0.4, 0.5) is 5.69 Å². The molecule has 0 saturated carbocycles. The summed E-state index contributed by atoms with van der Waals surface area (Å²) in [5.74, 6) is 0.0982. The fourth-order valence-electron chi connectivity index (χ4n) is 3.19. The Kier molecular flexibility index (Phi) is 3.34. The van der Waals surface area contributed by atoms with E-state index in [1.165, 1.54) is 5.56 Å². The van der Waals surface area contributed by atoms with Crippen LogP contribution in [0.5, 0.6) is 0 Å².